The molecule has 2 nitrogen and oxygen atoms in total. The lowest BCUT2D eigenvalue weighted by molar-refractivity contribution is 0.184. The number of rotatable bonds is 2. The molecule has 1 aliphatic heterocycles. The zero-order chi connectivity index (χ0) is 10.7. The van der Waals surface area contributed by atoms with Crippen LogP contribution in [-0.4, -0.2) is 29.6 Å². The maximum Gasteiger partial charge on any atom is 0.115 e. The Bertz CT molecular complexity index is 324. The third-order valence-corrected chi connectivity index (χ3v) is 3.30. The van der Waals surface area contributed by atoms with Crippen LogP contribution in [-0.2, 0) is 6.42 Å². The molecule has 0 unspecified atom stereocenters. The Morgan fingerprint density at radius 3 is 3.00 bits per heavy atom. The molecule has 0 aromatic heterocycles. The Hall–Kier alpha value is -1.02. The number of piperidine rings is 1. The van der Waals surface area contributed by atoms with Gasteiger partial charge in [0.25, 0.3) is 0 Å². The van der Waals surface area contributed by atoms with Crippen LogP contribution < -0.4 is 0 Å². The molecule has 0 aliphatic carbocycles. The molecular formula is C13H19NO. The average Bonchev–Trinajstić information content (AvgIpc) is 2.22. The minimum Gasteiger partial charge on any atom is -0.508 e. The SMILES string of the molecule is CN1CCCC[C@H]1Cc1cccc(O)c1. The number of likely N-dealkylation sites (tertiary alicyclic amines) is 1. The van der Waals surface area contributed by atoms with Crippen LogP contribution in [0.2, 0.25) is 0 Å². The van der Waals surface area contributed by atoms with Crippen molar-refractivity contribution in [2.45, 2.75) is 31.7 Å². The maximum atomic E-state index is 9.39. The van der Waals surface area contributed by atoms with Crippen molar-refractivity contribution < 1.29 is 5.11 Å². The molecule has 1 N–H and O–H groups in total. The number of aromatic hydroxyl groups is 1. The van der Waals surface area contributed by atoms with Crippen LogP contribution >= 0.6 is 0 Å². The van der Waals surface area contributed by atoms with E-state index in [1.165, 1.54) is 31.4 Å². The first kappa shape index (κ1) is 10.5. The molecule has 0 spiro atoms. The van der Waals surface area contributed by atoms with Gasteiger partial charge in [0.1, 0.15) is 5.75 Å². The summed E-state index contributed by atoms with van der Waals surface area (Å²) in [5.74, 6) is 0.381. The summed E-state index contributed by atoms with van der Waals surface area (Å²) in [6.45, 7) is 1.21. The lowest BCUT2D eigenvalue weighted by Gasteiger charge is -2.32. The zero-order valence-corrected chi connectivity index (χ0v) is 9.32. The molecule has 1 heterocycles. The largest absolute Gasteiger partial charge is 0.508 e. The minimum absolute atomic E-state index is 0.381. The lowest BCUT2D eigenvalue weighted by atomic mass is 9.96. The molecule has 0 radical (unpaired) electrons. The molecule has 0 saturated carbocycles. The standard InChI is InChI=1S/C13H19NO/c1-14-8-3-2-6-12(14)9-11-5-4-7-13(15)10-11/h4-5,7,10,12,15H,2-3,6,8-9H2,1H3/t12-/m0/s1. The Labute approximate surface area is 91.5 Å². The highest BCUT2D eigenvalue weighted by Gasteiger charge is 2.18. The van der Waals surface area contributed by atoms with Crippen LogP contribution in [0.15, 0.2) is 24.3 Å². The van der Waals surface area contributed by atoms with E-state index in [1.807, 2.05) is 12.1 Å². The smallest absolute Gasteiger partial charge is 0.115 e. The normalized spacial score (nSPS) is 22.9. The van der Waals surface area contributed by atoms with Crippen LogP contribution in [0.25, 0.3) is 0 Å². The van der Waals surface area contributed by atoms with Gasteiger partial charge in [-0.1, -0.05) is 18.6 Å². The summed E-state index contributed by atoms with van der Waals surface area (Å²) in [4.78, 5) is 2.44. The van der Waals surface area contributed by atoms with Crippen LogP contribution in [0.5, 0.6) is 5.75 Å². The third kappa shape index (κ3) is 2.72. The first-order valence-electron chi connectivity index (χ1n) is 5.74. The van der Waals surface area contributed by atoms with Gasteiger partial charge in [-0.3, -0.25) is 0 Å². The Balaban J connectivity index is 2.01. The molecule has 15 heavy (non-hydrogen) atoms. The van der Waals surface area contributed by atoms with Gasteiger partial charge >= 0.3 is 0 Å². The third-order valence-electron chi connectivity index (χ3n) is 3.30. The summed E-state index contributed by atoms with van der Waals surface area (Å²) >= 11 is 0. The lowest BCUT2D eigenvalue weighted by Crippen LogP contribution is -2.37. The fourth-order valence-electron chi connectivity index (χ4n) is 2.36. The van der Waals surface area contributed by atoms with Crippen molar-refractivity contribution in [3.63, 3.8) is 0 Å². The molecule has 1 aromatic carbocycles. The van der Waals surface area contributed by atoms with Crippen LogP contribution in [0, 0.1) is 0 Å². The van der Waals surface area contributed by atoms with Crippen molar-refractivity contribution in [3.8, 4) is 5.75 Å². The predicted octanol–water partition coefficient (Wildman–Crippen LogP) is 2.42. The second-order valence-electron chi connectivity index (χ2n) is 4.50. The van der Waals surface area contributed by atoms with Gasteiger partial charge in [0.05, 0.1) is 0 Å². The van der Waals surface area contributed by atoms with E-state index in [-0.39, 0.29) is 0 Å². The van der Waals surface area contributed by atoms with Gasteiger partial charge in [0.2, 0.25) is 0 Å². The van der Waals surface area contributed by atoms with Crippen LogP contribution in [0.3, 0.4) is 0 Å². The number of phenolic OH excluding ortho intramolecular Hbond substituents is 1. The quantitative estimate of drug-likeness (QED) is 0.801. The van der Waals surface area contributed by atoms with Gasteiger partial charge in [0.15, 0.2) is 0 Å². The molecule has 1 saturated heterocycles. The van der Waals surface area contributed by atoms with E-state index in [0.29, 0.717) is 11.8 Å². The molecule has 2 rings (SSSR count). The van der Waals surface area contributed by atoms with Gasteiger partial charge in [-0.15, -0.1) is 0 Å². The molecular weight excluding hydrogens is 186 g/mol. The highest BCUT2D eigenvalue weighted by molar-refractivity contribution is 5.27. The van der Waals surface area contributed by atoms with Crippen molar-refractivity contribution in [1.29, 1.82) is 0 Å². The molecule has 1 aliphatic rings. The van der Waals surface area contributed by atoms with E-state index in [9.17, 15) is 5.11 Å². The molecule has 1 atom stereocenters. The van der Waals surface area contributed by atoms with E-state index in [1.54, 1.807) is 6.07 Å². The van der Waals surface area contributed by atoms with E-state index in [2.05, 4.69) is 18.0 Å². The second kappa shape index (κ2) is 4.67. The van der Waals surface area contributed by atoms with Gasteiger partial charge in [-0.2, -0.15) is 0 Å². The van der Waals surface area contributed by atoms with Gasteiger partial charge < -0.3 is 10.0 Å². The Morgan fingerprint density at radius 2 is 2.27 bits per heavy atom. The van der Waals surface area contributed by atoms with Crippen molar-refractivity contribution >= 4 is 0 Å². The first-order valence-corrected chi connectivity index (χ1v) is 5.74. The van der Waals surface area contributed by atoms with Gasteiger partial charge in [-0.05, 0) is 50.6 Å². The summed E-state index contributed by atoms with van der Waals surface area (Å²) in [5.41, 5.74) is 1.24. The number of benzene rings is 1. The predicted molar refractivity (Wildman–Crippen MR) is 62.1 cm³/mol. The zero-order valence-electron chi connectivity index (χ0n) is 9.32. The molecule has 82 valence electrons. The van der Waals surface area contributed by atoms with Gasteiger partial charge in [-0.25, -0.2) is 0 Å². The van der Waals surface area contributed by atoms with Crippen molar-refractivity contribution in [2.75, 3.05) is 13.6 Å². The highest BCUT2D eigenvalue weighted by Crippen LogP contribution is 2.20. The van der Waals surface area contributed by atoms with Crippen molar-refractivity contribution in [2.24, 2.45) is 0 Å². The summed E-state index contributed by atoms with van der Waals surface area (Å²) in [6, 6.07) is 8.28. The number of hydrogen-bond donors (Lipinski definition) is 1. The number of hydrogen-bond acceptors (Lipinski definition) is 2. The molecule has 2 heteroatoms. The fourth-order valence-corrected chi connectivity index (χ4v) is 2.36. The van der Waals surface area contributed by atoms with Crippen molar-refractivity contribution in [1.82, 2.24) is 4.90 Å². The maximum absolute atomic E-state index is 9.39. The first-order chi connectivity index (χ1) is 7.25. The fraction of sp³-hybridized carbons (Fsp3) is 0.538. The van der Waals surface area contributed by atoms with Crippen LogP contribution in [0.4, 0.5) is 0 Å². The van der Waals surface area contributed by atoms with Crippen molar-refractivity contribution in [3.05, 3.63) is 29.8 Å². The summed E-state index contributed by atoms with van der Waals surface area (Å²) in [5, 5.41) is 9.39. The van der Waals surface area contributed by atoms with E-state index in [4.69, 9.17) is 0 Å². The molecule has 0 amide bonds. The topological polar surface area (TPSA) is 23.5 Å². The Kier molecular flexibility index (Phi) is 3.27. The molecule has 1 aromatic rings. The Morgan fingerprint density at radius 1 is 1.40 bits per heavy atom. The highest BCUT2D eigenvalue weighted by atomic mass is 16.3. The minimum atomic E-state index is 0.381. The summed E-state index contributed by atoms with van der Waals surface area (Å²) in [6.07, 6.45) is 5.01. The number of nitrogens with zero attached hydrogens (tertiary/aromatic N) is 1. The second-order valence-corrected chi connectivity index (χ2v) is 4.50. The molecule has 1 fully saturated rings. The summed E-state index contributed by atoms with van der Waals surface area (Å²) in [7, 11) is 2.20. The average molecular weight is 205 g/mol. The number of phenols is 1. The monoisotopic (exact) mass is 205 g/mol. The van der Waals surface area contributed by atoms with Crippen LogP contribution in [0.1, 0.15) is 24.8 Å². The van der Waals surface area contributed by atoms with E-state index < -0.39 is 0 Å². The van der Waals surface area contributed by atoms with E-state index in [0.717, 1.165) is 6.42 Å². The molecule has 0 bridgehead atoms. The summed E-state index contributed by atoms with van der Waals surface area (Å²) < 4.78 is 0. The number of likely N-dealkylation sites (N-methyl/N-ethyl adjacent to an activating group) is 1. The van der Waals surface area contributed by atoms with E-state index >= 15 is 0 Å². The van der Waals surface area contributed by atoms with Gasteiger partial charge in [0, 0.05) is 6.04 Å².